The first-order valence-electron chi connectivity index (χ1n) is 7.28. The van der Waals surface area contributed by atoms with Crippen LogP contribution in [0.25, 0.3) is 0 Å². The van der Waals surface area contributed by atoms with E-state index in [1.807, 2.05) is 25.1 Å². The molecule has 0 aliphatic rings. The molecule has 2 aromatic carbocycles. The summed E-state index contributed by atoms with van der Waals surface area (Å²) in [6.07, 6.45) is -0.744. The van der Waals surface area contributed by atoms with Crippen LogP contribution in [0.4, 0.5) is 11.4 Å². The highest BCUT2D eigenvalue weighted by Gasteiger charge is 2.19. The Balaban J connectivity index is 2.11. The molecule has 0 saturated carbocycles. The molecule has 0 aliphatic heterocycles. The average Bonchev–Trinajstić information content (AvgIpc) is 2.56. The van der Waals surface area contributed by atoms with Crippen molar-refractivity contribution in [1.82, 2.24) is 0 Å². The zero-order chi connectivity index (χ0) is 17.7. The van der Waals surface area contributed by atoms with Crippen LogP contribution in [-0.2, 0) is 4.79 Å². The number of carbonyl (C=O) groups is 1. The molecular weight excluding hydrogens is 312 g/mol. The van der Waals surface area contributed by atoms with Gasteiger partial charge in [0.1, 0.15) is 11.5 Å². The quantitative estimate of drug-likeness (QED) is 0.648. The number of nitrogens with zero attached hydrogens (tertiary/aromatic N) is 1. The van der Waals surface area contributed by atoms with Gasteiger partial charge >= 0.3 is 0 Å². The monoisotopic (exact) mass is 330 g/mol. The van der Waals surface area contributed by atoms with E-state index in [1.165, 1.54) is 25.3 Å². The molecule has 0 fully saturated rings. The maximum absolute atomic E-state index is 12.3. The highest BCUT2D eigenvalue weighted by molar-refractivity contribution is 5.95. The van der Waals surface area contributed by atoms with E-state index in [0.717, 1.165) is 5.56 Å². The molecule has 1 atom stereocenters. The number of non-ortho nitro benzene ring substituents is 1. The molecule has 0 heterocycles. The average molecular weight is 330 g/mol. The molecule has 1 N–H and O–H groups in total. The van der Waals surface area contributed by atoms with Gasteiger partial charge in [-0.15, -0.1) is 0 Å². The number of rotatable bonds is 6. The maximum atomic E-state index is 12.3. The molecule has 0 radical (unpaired) electrons. The Bertz CT molecular complexity index is 760. The van der Waals surface area contributed by atoms with Gasteiger partial charge in [-0.1, -0.05) is 18.2 Å². The van der Waals surface area contributed by atoms with Gasteiger partial charge in [-0.3, -0.25) is 14.9 Å². The molecule has 0 saturated heterocycles. The number of anilines is 1. The molecule has 7 heteroatoms. The van der Waals surface area contributed by atoms with E-state index in [9.17, 15) is 14.9 Å². The van der Waals surface area contributed by atoms with Crippen LogP contribution in [-0.4, -0.2) is 24.0 Å². The first-order valence-corrected chi connectivity index (χ1v) is 7.28. The number of hydrogen-bond donors (Lipinski definition) is 1. The molecule has 0 unspecified atom stereocenters. The van der Waals surface area contributed by atoms with Gasteiger partial charge in [0.2, 0.25) is 0 Å². The molecule has 2 aromatic rings. The Kier molecular flexibility index (Phi) is 5.36. The molecule has 24 heavy (non-hydrogen) atoms. The Hall–Kier alpha value is -3.09. The number of methoxy groups -OCH3 is 1. The first kappa shape index (κ1) is 17.3. The topological polar surface area (TPSA) is 90.7 Å². The zero-order valence-corrected chi connectivity index (χ0v) is 13.6. The van der Waals surface area contributed by atoms with E-state index in [4.69, 9.17) is 9.47 Å². The summed E-state index contributed by atoms with van der Waals surface area (Å²) in [4.78, 5) is 22.5. The minimum atomic E-state index is -0.744. The predicted molar refractivity (Wildman–Crippen MR) is 89.5 cm³/mol. The number of ether oxygens (including phenoxy) is 2. The fourth-order valence-corrected chi connectivity index (χ4v) is 2.06. The molecule has 126 valence electrons. The highest BCUT2D eigenvalue weighted by Crippen LogP contribution is 2.29. The highest BCUT2D eigenvalue weighted by atomic mass is 16.6. The van der Waals surface area contributed by atoms with E-state index in [1.54, 1.807) is 13.0 Å². The smallest absolute Gasteiger partial charge is 0.273 e. The largest absolute Gasteiger partial charge is 0.494 e. The van der Waals surface area contributed by atoms with Crippen LogP contribution in [0.15, 0.2) is 42.5 Å². The second-order valence-electron chi connectivity index (χ2n) is 5.16. The molecule has 0 aromatic heterocycles. The zero-order valence-electron chi connectivity index (χ0n) is 13.6. The van der Waals surface area contributed by atoms with Gasteiger partial charge in [0.15, 0.2) is 6.10 Å². The molecular formula is C17H18N2O5. The SMILES string of the molecule is COc1cc([N+](=O)[O-])ccc1NC(=O)[C@H](C)Oc1ccccc1C. The summed E-state index contributed by atoms with van der Waals surface area (Å²) in [5.41, 5.74) is 1.15. The number of nitro groups is 1. The lowest BCUT2D eigenvalue weighted by atomic mass is 10.2. The lowest BCUT2D eigenvalue weighted by Gasteiger charge is -2.17. The first-order chi connectivity index (χ1) is 11.4. The number of aryl methyl sites for hydroxylation is 1. The van der Waals surface area contributed by atoms with E-state index < -0.39 is 11.0 Å². The summed E-state index contributed by atoms with van der Waals surface area (Å²) in [6, 6.07) is 11.4. The van der Waals surface area contributed by atoms with Crippen molar-refractivity contribution in [2.24, 2.45) is 0 Å². The van der Waals surface area contributed by atoms with Gasteiger partial charge in [0.25, 0.3) is 11.6 Å². The van der Waals surface area contributed by atoms with Crippen molar-refractivity contribution in [3.05, 3.63) is 58.1 Å². The standard InChI is InChI=1S/C17H18N2O5/c1-11-6-4-5-7-15(11)24-12(2)17(20)18-14-9-8-13(19(21)22)10-16(14)23-3/h4-10,12H,1-3H3,(H,18,20)/t12-/m0/s1. The van der Waals surface area contributed by atoms with Crippen molar-refractivity contribution >= 4 is 17.3 Å². The van der Waals surface area contributed by atoms with Crippen molar-refractivity contribution < 1.29 is 19.2 Å². The molecule has 7 nitrogen and oxygen atoms in total. The summed E-state index contributed by atoms with van der Waals surface area (Å²) in [7, 11) is 1.38. The van der Waals surface area contributed by atoms with Crippen LogP contribution < -0.4 is 14.8 Å². The number of para-hydroxylation sites is 1. The number of carbonyl (C=O) groups excluding carboxylic acids is 1. The summed E-state index contributed by atoms with van der Waals surface area (Å²) >= 11 is 0. The predicted octanol–water partition coefficient (Wildman–Crippen LogP) is 3.32. The number of benzene rings is 2. The van der Waals surface area contributed by atoms with Gasteiger partial charge < -0.3 is 14.8 Å². The molecule has 1 amide bonds. The van der Waals surface area contributed by atoms with E-state index in [0.29, 0.717) is 11.4 Å². The second-order valence-corrected chi connectivity index (χ2v) is 5.16. The van der Waals surface area contributed by atoms with Crippen molar-refractivity contribution in [1.29, 1.82) is 0 Å². The number of nitro benzene ring substituents is 1. The summed E-state index contributed by atoms with van der Waals surface area (Å²) in [6.45, 7) is 3.51. The van der Waals surface area contributed by atoms with E-state index in [-0.39, 0.29) is 17.3 Å². The lowest BCUT2D eigenvalue weighted by molar-refractivity contribution is -0.384. The van der Waals surface area contributed by atoms with Crippen LogP contribution >= 0.6 is 0 Å². The number of hydrogen-bond acceptors (Lipinski definition) is 5. The van der Waals surface area contributed by atoms with Crippen molar-refractivity contribution in [3.63, 3.8) is 0 Å². The third-order valence-corrected chi connectivity index (χ3v) is 3.42. The molecule has 0 spiro atoms. The fourth-order valence-electron chi connectivity index (χ4n) is 2.06. The van der Waals surface area contributed by atoms with Gasteiger partial charge in [0, 0.05) is 6.07 Å². The minimum Gasteiger partial charge on any atom is -0.494 e. The second kappa shape index (κ2) is 7.45. The number of nitrogens with one attached hydrogen (secondary N) is 1. The molecule has 0 bridgehead atoms. The van der Waals surface area contributed by atoms with Gasteiger partial charge in [-0.05, 0) is 31.5 Å². The van der Waals surface area contributed by atoms with Crippen LogP contribution in [0.2, 0.25) is 0 Å². The molecule has 0 aliphatic carbocycles. The summed E-state index contributed by atoms with van der Waals surface area (Å²) in [5, 5.41) is 13.4. The van der Waals surface area contributed by atoms with Crippen molar-refractivity contribution in [2.75, 3.05) is 12.4 Å². The van der Waals surface area contributed by atoms with Crippen LogP contribution in [0.5, 0.6) is 11.5 Å². The fraction of sp³-hybridized carbons (Fsp3) is 0.235. The van der Waals surface area contributed by atoms with E-state index >= 15 is 0 Å². The Labute approximate surface area is 139 Å². The lowest BCUT2D eigenvalue weighted by Crippen LogP contribution is -2.30. The normalized spacial score (nSPS) is 11.5. The summed E-state index contributed by atoms with van der Waals surface area (Å²) in [5.74, 6) is 0.446. The van der Waals surface area contributed by atoms with Crippen molar-refractivity contribution in [3.8, 4) is 11.5 Å². The third kappa shape index (κ3) is 4.01. The Morgan fingerprint density at radius 1 is 1.21 bits per heavy atom. The molecule has 2 rings (SSSR count). The minimum absolute atomic E-state index is 0.117. The Morgan fingerprint density at radius 3 is 2.54 bits per heavy atom. The summed E-state index contributed by atoms with van der Waals surface area (Å²) < 4.78 is 10.7. The van der Waals surface area contributed by atoms with Crippen LogP contribution in [0.3, 0.4) is 0 Å². The van der Waals surface area contributed by atoms with Gasteiger partial charge in [-0.25, -0.2) is 0 Å². The van der Waals surface area contributed by atoms with Gasteiger partial charge in [-0.2, -0.15) is 0 Å². The maximum Gasteiger partial charge on any atom is 0.273 e. The third-order valence-electron chi connectivity index (χ3n) is 3.42. The van der Waals surface area contributed by atoms with Crippen molar-refractivity contribution in [2.45, 2.75) is 20.0 Å². The van der Waals surface area contributed by atoms with Crippen LogP contribution in [0, 0.1) is 17.0 Å². The Morgan fingerprint density at radius 2 is 1.92 bits per heavy atom. The van der Waals surface area contributed by atoms with Gasteiger partial charge in [0.05, 0.1) is 23.8 Å². The van der Waals surface area contributed by atoms with Crippen LogP contribution in [0.1, 0.15) is 12.5 Å². The van der Waals surface area contributed by atoms with E-state index in [2.05, 4.69) is 5.32 Å². The number of amides is 1.